The Kier molecular flexibility index (Phi) is 3.00. The standard InChI is InChI=1S/C12H18N4O/c1-8-9(2)13-7-14-11(8)16-5-10(6-16)12(17)15(3)4/h7,10H,5-6H2,1-4H3. The van der Waals surface area contributed by atoms with Crippen molar-refractivity contribution in [2.24, 2.45) is 5.92 Å². The largest absolute Gasteiger partial charge is 0.355 e. The SMILES string of the molecule is Cc1ncnc(N2CC(C(=O)N(C)C)C2)c1C. The molecule has 92 valence electrons. The second kappa shape index (κ2) is 4.31. The van der Waals surface area contributed by atoms with E-state index >= 15 is 0 Å². The third kappa shape index (κ3) is 2.09. The van der Waals surface area contributed by atoms with Gasteiger partial charge in [0.25, 0.3) is 0 Å². The minimum absolute atomic E-state index is 0.111. The van der Waals surface area contributed by atoms with Gasteiger partial charge < -0.3 is 9.80 Å². The lowest BCUT2D eigenvalue weighted by atomic mass is 9.98. The molecule has 1 aliphatic heterocycles. The second-order valence-electron chi connectivity index (χ2n) is 4.74. The van der Waals surface area contributed by atoms with E-state index in [1.807, 2.05) is 13.8 Å². The van der Waals surface area contributed by atoms with Gasteiger partial charge in [0.2, 0.25) is 5.91 Å². The molecular formula is C12H18N4O. The van der Waals surface area contributed by atoms with Gasteiger partial charge in [-0.1, -0.05) is 0 Å². The van der Waals surface area contributed by atoms with Gasteiger partial charge >= 0.3 is 0 Å². The average molecular weight is 234 g/mol. The molecule has 0 bridgehead atoms. The van der Waals surface area contributed by atoms with Gasteiger partial charge in [-0.2, -0.15) is 0 Å². The first-order chi connectivity index (χ1) is 8.00. The number of rotatable bonds is 2. The number of anilines is 1. The lowest BCUT2D eigenvalue weighted by Gasteiger charge is -2.40. The highest BCUT2D eigenvalue weighted by molar-refractivity contribution is 5.81. The molecule has 0 saturated carbocycles. The quantitative estimate of drug-likeness (QED) is 0.752. The van der Waals surface area contributed by atoms with Crippen LogP contribution in [-0.2, 0) is 4.79 Å². The normalized spacial score (nSPS) is 15.6. The minimum atomic E-state index is 0.111. The Morgan fingerprint density at radius 2 is 2.00 bits per heavy atom. The Morgan fingerprint density at radius 3 is 2.59 bits per heavy atom. The van der Waals surface area contributed by atoms with E-state index in [0.29, 0.717) is 0 Å². The van der Waals surface area contributed by atoms with Crippen molar-refractivity contribution in [2.75, 3.05) is 32.1 Å². The highest BCUT2D eigenvalue weighted by atomic mass is 16.2. The molecule has 2 rings (SSSR count). The summed E-state index contributed by atoms with van der Waals surface area (Å²) >= 11 is 0. The third-order valence-corrected chi connectivity index (χ3v) is 3.28. The molecule has 1 aromatic heterocycles. The van der Waals surface area contributed by atoms with Crippen LogP contribution in [0.3, 0.4) is 0 Å². The lowest BCUT2D eigenvalue weighted by molar-refractivity contribution is -0.133. The van der Waals surface area contributed by atoms with E-state index in [9.17, 15) is 4.79 Å². The summed E-state index contributed by atoms with van der Waals surface area (Å²) in [6.07, 6.45) is 1.58. The van der Waals surface area contributed by atoms with E-state index in [2.05, 4.69) is 14.9 Å². The molecule has 1 saturated heterocycles. The van der Waals surface area contributed by atoms with Crippen LogP contribution in [0, 0.1) is 19.8 Å². The van der Waals surface area contributed by atoms with Gasteiger partial charge in [-0.3, -0.25) is 4.79 Å². The summed E-state index contributed by atoms with van der Waals surface area (Å²) in [5.41, 5.74) is 2.10. The summed E-state index contributed by atoms with van der Waals surface area (Å²) in [5, 5.41) is 0. The number of hydrogen-bond acceptors (Lipinski definition) is 4. The van der Waals surface area contributed by atoms with Crippen molar-refractivity contribution in [2.45, 2.75) is 13.8 Å². The van der Waals surface area contributed by atoms with E-state index in [1.165, 1.54) is 0 Å². The van der Waals surface area contributed by atoms with Gasteiger partial charge in [0.1, 0.15) is 12.1 Å². The molecule has 0 radical (unpaired) electrons. The first-order valence-electron chi connectivity index (χ1n) is 5.75. The summed E-state index contributed by atoms with van der Waals surface area (Å²) in [6.45, 7) is 5.51. The maximum absolute atomic E-state index is 11.7. The Labute approximate surface area is 101 Å². The molecule has 5 heteroatoms. The van der Waals surface area contributed by atoms with Gasteiger partial charge in [-0.25, -0.2) is 9.97 Å². The Morgan fingerprint density at radius 1 is 1.35 bits per heavy atom. The van der Waals surface area contributed by atoms with Crippen LogP contribution in [0.25, 0.3) is 0 Å². The van der Waals surface area contributed by atoms with Crippen LogP contribution in [0.15, 0.2) is 6.33 Å². The van der Waals surface area contributed by atoms with Crippen LogP contribution in [-0.4, -0.2) is 48.0 Å². The molecule has 17 heavy (non-hydrogen) atoms. The number of carbonyl (C=O) groups excluding carboxylic acids is 1. The van der Waals surface area contributed by atoms with Crippen molar-refractivity contribution >= 4 is 11.7 Å². The predicted octanol–water partition coefficient (Wildman–Crippen LogP) is 0.618. The van der Waals surface area contributed by atoms with E-state index in [4.69, 9.17) is 0 Å². The molecule has 2 heterocycles. The third-order valence-electron chi connectivity index (χ3n) is 3.28. The lowest BCUT2D eigenvalue weighted by Crippen LogP contribution is -2.54. The molecule has 1 aromatic rings. The van der Waals surface area contributed by atoms with Crippen molar-refractivity contribution in [3.05, 3.63) is 17.6 Å². The molecular weight excluding hydrogens is 216 g/mol. The monoisotopic (exact) mass is 234 g/mol. The number of amides is 1. The Hall–Kier alpha value is -1.65. The number of hydrogen-bond donors (Lipinski definition) is 0. The fourth-order valence-electron chi connectivity index (χ4n) is 2.02. The number of nitrogens with zero attached hydrogens (tertiary/aromatic N) is 4. The van der Waals surface area contributed by atoms with Crippen molar-refractivity contribution in [1.29, 1.82) is 0 Å². The van der Waals surface area contributed by atoms with Crippen LogP contribution < -0.4 is 4.90 Å². The molecule has 1 amide bonds. The zero-order chi connectivity index (χ0) is 12.6. The highest BCUT2D eigenvalue weighted by Gasteiger charge is 2.35. The highest BCUT2D eigenvalue weighted by Crippen LogP contribution is 2.26. The van der Waals surface area contributed by atoms with E-state index in [-0.39, 0.29) is 11.8 Å². The van der Waals surface area contributed by atoms with Crippen LogP contribution in [0.5, 0.6) is 0 Å². The van der Waals surface area contributed by atoms with E-state index in [0.717, 1.165) is 30.2 Å². The predicted molar refractivity (Wildman–Crippen MR) is 65.9 cm³/mol. The Balaban J connectivity index is 2.05. The van der Waals surface area contributed by atoms with Gasteiger partial charge in [0.05, 0.1) is 5.92 Å². The summed E-state index contributed by atoms with van der Waals surface area (Å²) < 4.78 is 0. The summed E-state index contributed by atoms with van der Waals surface area (Å²) in [7, 11) is 3.59. The maximum atomic E-state index is 11.7. The maximum Gasteiger partial charge on any atom is 0.228 e. The molecule has 0 aromatic carbocycles. The fourth-order valence-corrected chi connectivity index (χ4v) is 2.02. The average Bonchev–Trinajstić information content (AvgIpc) is 2.21. The minimum Gasteiger partial charge on any atom is -0.355 e. The van der Waals surface area contributed by atoms with Crippen LogP contribution in [0.1, 0.15) is 11.3 Å². The molecule has 1 aliphatic rings. The Bertz CT molecular complexity index is 438. The van der Waals surface area contributed by atoms with Crippen molar-refractivity contribution in [3.8, 4) is 0 Å². The number of carbonyl (C=O) groups is 1. The topological polar surface area (TPSA) is 49.3 Å². The molecule has 0 aliphatic carbocycles. The number of aromatic nitrogens is 2. The first kappa shape index (κ1) is 11.8. The van der Waals surface area contributed by atoms with Crippen LogP contribution in [0.2, 0.25) is 0 Å². The number of aryl methyl sites for hydroxylation is 1. The molecule has 5 nitrogen and oxygen atoms in total. The van der Waals surface area contributed by atoms with Crippen LogP contribution >= 0.6 is 0 Å². The molecule has 0 unspecified atom stereocenters. The van der Waals surface area contributed by atoms with Gasteiger partial charge in [-0.15, -0.1) is 0 Å². The fraction of sp³-hybridized carbons (Fsp3) is 0.583. The van der Waals surface area contributed by atoms with Crippen molar-refractivity contribution in [1.82, 2.24) is 14.9 Å². The molecule has 0 atom stereocenters. The van der Waals surface area contributed by atoms with Crippen molar-refractivity contribution in [3.63, 3.8) is 0 Å². The van der Waals surface area contributed by atoms with Gasteiger partial charge in [0, 0.05) is 38.4 Å². The molecule has 0 N–H and O–H groups in total. The zero-order valence-electron chi connectivity index (χ0n) is 10.8. The molecule has 1 fully saturated rings. The smallest absolute Gasteiger partial charge is 0.228 e. The summed E-state index contributed by atoms with van der Waals surface area (Å²) in [5.74, 6) is 1.27. The van der Waals surface area contributed by atoms with E-state index < -0.39 is 0 Å². The van der Waals surface area contributed by atoms with Gasteiger partial charge in [-0.05, 0) is 13.8 Å². The van der Waals surface area contributed by atoms with Crippen LogP contribution in [0.4, 0.5) is 5.82 Å². The summed E-state index contributed by atoms with van der Waals surface area (Å²) in [4.78, 5) is 23.9. The second-order valence-corrected chi connectivity index (χ2v) is 4.74. The van der Waals surface area contributed by atoms with Crippen molar-refractivity contribution < 1.29 is 4.79 Å². The first-order valence-corrected chi connectivity index (χ1v) is 5.75. The summed E-state index contributed by atoms with van der Waals surface area (Å²) in [6, 6.07) is 0. The van der Waals surface area contributed by atoms with Gasteiger partial charge in [0.15, 0.2) is 0 Å². The molecule has 0 spiro atoms. The zero-order valence-corrected chi connectivity index (χ0v) is 10.8. The van der Waals surface area contributed by atoms with E-state index in [1.54, 1.807) is 25.3 Å².